The number of aryl methyl sites for hydroxylation is 1. The van der Waals surface area contributed by atoms with Gasteiger partial charge in [0.1, 0.15) is 5.75 Å². The molecule has 0 bridgehead atoms. The Kier molecular flexibility index (Phi) is 9.27. The number of hydrogen-bond acceptors (Lipinski definition) is 5. The SMILES string of the molecule is COc1ccc(CCC(=O)N(CC2CCC(F)(F)C2)C(C(=O)NCc2ccccc2)C2CN(C)C[N+]2=O)cc1. The average molecular weight is 544 g/mol. The summed E-state index contributed by atoms with van der Waals surface area (Å²) in [6.07, 6.45) is 0.179. The Hall–Kier alpha value is -3.40. The molecule has 8 nitrogen and oxygen atoms in total. The quantitative estimate of drug-likeness (QED) is 0.438. The summed E-state index contributed by atoms with van der Waals surface area (Å²) in [5.41, 5.74) is 1.78. The van der Waals surface area contributed by atoms with Gasteiger partial charge in [0.2, 0.25) is 30.4 Å². The second-order valence-corrected chi connectivity index (χ2v) is 10.7. The maximum absolute atomic E-state index is 14.1. The molecule has 3 atom stereocenters. The summed E-state index contributed by atoms with van der Waals surface area (Å²) in [6.45, 7) is 0.625. The molecule has 2 aromatic rings. The molecule has 1 heterocycles. The number of carbonyl (C=O) groups excluding carboxylic acids is 2. The fourth-order valence-electron chi connectivity index (χ4n) is 5.52. The van der Waals surface area contributed by atoms with E-state index in [2.05, 4.69) is 5.32 Å². The van der Waals surface area contributed by atoms with Crippen LogP contribution in [0.5, 0.6) is 5.75 Å². The number of alkyl halides is 2. The second-order valence-electron chi connectivity index (χ2n) is 10.7. The standard InChI is InChI=1S/C29H36F2N4O4/c1-33-19-25(35(38)20-33)27(28(37)32-17-22-6-4-3-5-7-22)34(18-23-14-15-29(30,31)16-23)26(36)13-10-21-8-11-24(39-2)12-9-21/h3-9,11-12,23,25,27H,10,13-20H2,1-2H3/p+1. The van der Waals surface area contributed by atoms with E-state index < -0.39 is 29.8 Å². The molecule has 1 aliphatic carbocycles. The van der Waals surface area contributed by atoms with Gasteiger partial charge in [0.05, 0.1) is 13.7 Å². The van der Waals surface area contributed by atoms with Crippen molar-refractivity contribution in [3.8, 4) is 5.75 Å². The average Bonchev–Trinajstić information content (AvgIpc) is 3.45. The van der Waals surface area contributed by atoms with Crippen LogP contribution in [0.2, 0.25) is 0 Å². The highest BCUT2D eigenvalue weighted by Gasteiger charge is 2.50. The molecule has 1 saturated heterocycles. The fourth-order valence-corrected chi connectivity index (χ4v) is 5.52. The van der Waals surface area contributed by atoms with Crippen molar-refractivity contribution in [3.63, 3.8) is 0 Å². The molecule has 1 aliphatic heterocycles. The molecule has 1 saturated carbocycles. The topological polar surface area (TPSA) is 82.0 Å². The zero-order chi connectivity index (χ0) is 28.0. The predicted molar refractivity (Wildman–Crippen MR) is 142 cm³/mol. The van der Waals surface area contributed by atoms with E-state index in [4.69, 9.17) is 4.74 Å². The molecule has 2 fully saturated rings. The first kappa shape index (κ1) is 28.6. The number of rotatable bonds is 11. The van der Waals surface area contributed by atoms with Crippen LogP contribution in [-0.4, -0.2) is 78.3 Å². The van der Waals surface area contributed by atoms with Crippen molar-refractivity contribution < 1.29 is 27.9 Å². The van der Waals surface area contributed by atoms with Gasteiger partial charge in [0.25, 0.3) is 0 Å². The number of hydrogen-bond donors (Lipinski definition) is 1. The Morgan fingerprint density at radius 1 is 1.15 bits per heavy atom. The van der Waals surface area contributed by atoms with E-state index in [9.17, 15) is 23.3 Å². The van der Waals surface area contributed by atoms with Crippen LogP contribution < -0.4 is 10.1 Å². The molecule has 4 rings (SSSR count). The van der Waals surface area contributed by atoms with E-state index in [0.717, 1.165) is 15.9 Å². The Morgan fingerprint density at radius 2 is 1.87 bits per heavy atom. The minimum Gasteiger partial charge on any atom is -0.497 e. The highest BCUT2D eigenvalue weighted by Crippen LogP contribution is 2.39. The molecule has 2 aromatic carbocycles. The Bertz CT molecular complexity index is 1150. The van der Waals surface area contributed by atoms with E-state index >= 15 is 0 Å². The summed E-state index contributed by atoms with van der Waals surface area (Å²) in [6, 6.07) is 14.8. The number of carbonyl (C=O) groups is 2. The molecule has 3 unspecified atom stereocenters. The van der Waals surface area contributed by atoms with Crippen LogP contribution in [0.15, 0.2) is 54.6 Å². The number of nitrogens with one attached hydrogen (secondary N) is 1. The highest BCUT2D eigenvalue weighted by atomic mass is 19.3. The lowest BCUT2D eigenvalue weighted by Crippen LogP contribution is -2.58. The first-order valence-corrected chi connectivity index (χ1v) is 13.4. The second kappa shape index (κ2) is 12.6. The minimum absolute atomic E-state index is 0.00845. The molecule has 0 spiro atoms. The molecule has 2 aliphatic rings. The first-order valence-electron chi connectivity index (χ1n) is 13.4. The van der Waals surface area contributed by atoms with Gasteiger partial charge in [-0.2, -0.15) is 0 Å². The zero-order valence-electron chi connectivity index (χ0n) is 22.5. The molecule has 1 N–H and O–H groups in total. The lowest BCUT2D eigenvalue weighted by Gasteiger charge is -2.33. The molecule has 39 heavy (non-hydrogen) atoms. The first-order chi connectivity index (χ1) is 18.6. The maximum atomic E-state index is 14.1. The van der Waals surface area contributed by atoms with Crippen LogP contribution in [0.3, 0.4) is 0 Å². The van der Waals surface area contributed by atoms with Gasteiger partial charge in [0.15, 0.2) is 6.04 Å². The molecule has 10 heteroatoms. The van der Waals surface area contributed by atoms with Crippen LogP contribution in [0.25, 0.3) is 0 Å². The van der Waals surface area contributed by atoms with Crippen LogP contribution in [-0.2, 0) is 22.6 Å². The van der Waals surface area contributed by atoms with E-state index in [1.807, 2.05) is 54.6 Å². The van der Waals surface area contributed by atoms with Crippen molar-refractivity contribution in [2.45, 2.75) is 56.7 Å². The van der Waals surface area contributed by atoms with Gasteiger partial charge in [-0.3, -0.25) is 9.59 Å². The minimum atomic E-state index is -2.79. The monoisotopic (exact) mass is 543 g/mol. The van der Waals surface area contributed by atoms with Gasteiger partial charge in [-0.15, -0.1) is 0 Å². The summed E-state index contributed by atoms with van der Waals surface area (Å²) in [5, 5.41) is 2.90. The number of nitroso groups, excluding NO2 is 1. The van der Waals surface area contributed by atoms with Gasteiger partial charge in [-0.1, -0.05) is 42.5 Å². The lowest BCUT2D eigenvalue weighted by molar-refractivity contribution is -0.573. The maximum Gasteiger partial charge on any atom is 0.250 e. The third kappa shape index (κ3) is 7.59. The summed E-state index contributed by atoms with van der Waals surface area (Å²) in [4.78, 5) is 43.6. The van der Waals surface area contributed by atoms with Crippen molar-refractivity contribution in [1.82, 2.24) is 15.1 Å². The molecule has 2 amide bonds. The summed E-state index contributed by atoms with van der Waals surface area (Å²) >= 11 is 0. The van der Waals surface area contributed by atoms with Gasteiger partial charge < -0.3 is 15.0 Å². The van der Waals surface area contributed by atoms with Crippen molar-refractivity contribution in [2.24, 2.45) is 5.92 Å². The van der Waals surface area contributed by atoms with Gasteiger partial charge in [-0.05, 0) is 49.1 Å². The molecular formula is C29H37F2N4O4+. The van der Waals surface area contributed by atoms with E-state index in [1.54, 1.807) is 19.1 Å². The summed E-state index contributed by atoms with van der Waals surface area (Å²) in [7, 11) is 3.35. The van der Waals surface area contributed by atoms with Crippen molar-refractivity contribution in [1.29, 1.82) is 0 Å². The van der Waals surface area contributed by atoms with E-state index in [1.165, 1.54) is 4.90 Å². The fraction of sp³-hybridized carbons (Fsp3) is 0.517. The third-order valence-electron chi connectivity index (χ3n) is 7.60. The summed E-state index contributed by atoms with van der Waals surface area (Å²) in [5.74, 6) is -3.32. The third-order valence-corrected chi connectivity index (χ3v) is 7.60. The van der Waals surface area contributed by atoms with Gasteiger partial charge in [0, 0.05) is 42.0 Å². The van der Waals surface area contributed by atoms with E-state index in [-0.39, 0.29) is 57.9 Å². The number of halogens is 2. The van der Waals surface area contributed by atoms with Crippen molar-refractivity contribution in [2.75, 3.05) is 33.9 Å². The lowest BCUT2D eigenvalue weighted by atomic mass is 9.99. The molecule has 0 aromatic heterocycles. The van der Waals surface area contributed by atoms with Gasteiger partial charge in [-0.25, -0.2) is 13.7 Å². The number of amides is 2. The molecule has 210 valence electrons. The Balaban J connectivity index is 1.58. The predicted octanol–water partition coefficient (Wildman–Crippen LogP) is 3.63. The highest BCUT2D eigenvalue weighted by molar-refractivity contribution is 5.88. The van der Waals surface area contributed by atoms with Crippen molar-refractivity contribution in [3.05, 3.63) is 70.6 Å². The largest absolute Gasteiger partial charge is 0.497 e. The number of benzene rings is 2. The smallest absolute Gasteiger partial charge is 0.250 e. The number of methoxy groups -OCH3 is 1. The van der Waals surface area contributed by atoms with Crippen molar-refractivity contribution >= 4 is 11.8 Å². The van der Waals surface area contributed by atoms with Crippen LogP contribution >= 0.6 is 0 Å². The normalized spacial score (nSPS) is 21.5. The zero-order valence-corrected chi connectivity index (χ0v) is 22.5. The Morgan fingerprint density at radius 3 is 2.46 bits per heavy atom. The molecular weight excluding hydrogens is 506 g/mol. The van der Waals surface area contributed by atoms with Crippen LogP contribution in [0, 0.1) is 10.8 Å². The van der Waals surface area contributed by atoms with Crippen LogP contribution in [0.4, 0.5) is 8.78 Å². The van der Waals surface area contributed by atoms with E-state index in [0.29, 0.717) is 12.2 Å². The molecule has 0 radical (unpaired) electrons. The Labute approximate surface area is 227 Å². The number of nitrogens with zero attached hydrogens (tertiary/aromatic N) is 3. The number of likely N-dealkylation sites (N-methyl/N-ethyl adjacent to an activating group) is 1. The summed E-state index contributed by atoms with van der Waals surface area (Å²) < 4.78 is 34.2. The van der Waals surface area contributed by atoms with Gasteiger partial charge >= 0.3 is 0 Å². The van der Waals surface area contributed by atoms with Crippen LogP contribution in [0.1, 0.15) is 36.8 Å². The number of ether oxygens (including phenoxy) is 1.